The Labute approximate surface area is 108 Å². The normalized spacial score (nSPS) is 20.9. The Morgan fingerprint density at radius 1 is 1.28 bits per heavy atom. The van der Waals surface area contributed by atoms with Crippen LogP contribution in [0.1, 0.15) is 37.3 Å². The van der Waals surface area contributed by atoms with Crippen LogP contribution >= 0.6 is 0 Å². The number of hydrogen-bond acceptors (Lipinski definition) is 3. The molecule has 1 aliphatic rings. The van der Waals surface area contributed by atoms with Crippen molar-refractivity contribution in [1.29, 1.82) is 0 Å². The third-order valence-electron chi connectivity index (χ3n) is 3.67. The van der Waals surface area contributed by atoms with Crippen LogP contribution < -0.4 is 0 Å². The smallest absolute Gasteiger partial charge is 0.146 e. The summed E-state index contributed by atoms with van der Waals surface area (Å²) in [6.07, 6.45) is 3.33. The number of aliphatic hydroxyl groups excluding tert-OH is 1. The molecule has 1 atom stereocenters. The van der Waals surface area contributed by atoms with E-state index < -0.39 is 0 Å². The average molecular weight is 247 g/mol. The minimum absolute atomic E-state index is 0.0834. The first-order valence-corrected chi connectivity index (χ1v) is 6.64. The molecule has 18 heavy (non-hydrogen) atoms. The van der Waals surface area contributed by atoms with E-state index in [9.17, 15) is 4.79 Å². The van der Waals surface area contributed by atoms with Gasteiger partial charge in [-0.2, -0.15) is 0 Å². The van der Waals surface area contributed by atoms with E-state index in [1.807, 2.05) is 24.3 Å². The van der Waals surface area contributed by atoms with Gasteiger partial charge in [-0.15, -0.1) is 0 Å². The molecule has 0 spiro atoms. The fourth-order valence-electron chi connectivity index (χ4n) is 2.63. The topological polar surface area (TPSA) is 40.5 Å². The monoisotopic (exact) mass is 247 g/mol. The molecule has 1 fully saturated rings. The number of carbonyl (C=O) groups excluding carboxylic acids is 1. The van der Waals surface area contributed by atoms with Crippen LogP contribution in [-0.4, -0.2) is 28.4 Å². The highest BCUT2D eigenvalue weighted by Crippen LogP contribution is 2.20. The van der Waals surface area contributed by atoms with Crippen molar-refractivity contribution in [2.45, 2.75) is 45.4 Å². The molecular formula is C15H21NO2. The van der Waals surface area contributed by atoms with Gasteiger partial charge < -0.3 is 5.11 Å². The molecule has 0 amide bonds. The standard InChI is InChI=1S/C15H21NO2/c1-12(18)15-4-2-3-9-16(15)10-13-5-7-14(11-17)8-6-13/h5-8,15,17H,2-4,9-11H2,1H3. The van der Waals surface area contributed by atoms with Gasteiger partial charge in [-0.1, -0.05) is 30.7 Å². The molecule has 98 valence electrons. The van der Waals surface area contributed by atoms with Crippen molar-refractivity contribution in [1.82, 2.24) is 4.90 Å². The third kappa shape index (κ3) is 3.18. The van der Waals surface area contributed by atoms with Crippen molar-refractivity contribution in [3.63, 3.8) is 0 Å². The number of hydrogen-bond donors (Lipinski definition) is 1. The van der Waals surface area contributed by atoms with Crippen LogP contribution in [0.4, 0.5) is 0 Å². The lowest BCUT2D eigenvalue weighted by atomic mass is 9.98. The highest BCUT2D eigenvalue weighted by atomic mass is 16.3. The Morgan fingerprint density at radius 3 is 2.56 bits per heavy atom. The lowest BCUT2D eigenvalue weighted by Crippen LogP contribution is -2.43. The first-order chi connectivity index (χ1) is 8.70. The van der Waals surface area contributed by atoms with Crippen molar-refractivity contribution in [3.8, 4) is 0 Å². The summed E-state index contributed by atoms with van der Waals surface area (Å²) in [5.74, 6) is 0.279. The van der Waals surface area contributed by atoms with Crippen molar-refractivity contribution in [2.24, 2.45) is 0 Å². The van der Waals surface area contributed by atoms with Gasteiger partial charge in [0.05, 0.1) is 12.6 Å². The Morgan fingerprint density at radius 2 is 1.94 bits per heavy atom. The van der Waals surface area contributed by atoms with Crippen LogP contribution in [0.15, 0.2) is 24.3 Å². The number of piperidine rings is 1. The van der Waals surface area contributed by atoms with E-state index in [-0.39, 0.29) is 18.4 Å². The average Bonchev–Trinajstić information content (AvgIpc) is 2.40. The summed E-state index contributed by atoms with van der Waals surface area (Å²) in [4.78, 5) is 13.9. The first kappa shape index (κ1) is 13.2. The molecule has 1 aliphatic heterocycles. The van der Waals surface area contributed by atoms with E-state index in [2.05, 4.69) is 4.90 Å². The number of nitrogens with zero attached hydrogens (tertiary/aromatic N) is 1. The molecule has 0 bridgehead atoms. The van der Waals surface area contributed by atoms with E-state index in [4.69, 9.17) is 5.11 Å². The molecule has 3 heteroatoms. The number of Topliss-reactive ketones (excluding diaryl/α,β-unsaturated/α-hetero) is 1. The van der Waals surface area contributed by atoms with Crippen LogP contribution in [0, 0.1) is 0 Å². The maximum Gasteiger partial charge on any atom is 0.146 e. The van der Waals surface area contributed by atoms with E-state index in [1.165, 1.54) is 12.0 Å². The second-order valence-electron chi connectivity index (χ2n) is 5.07. The fourth-order valence-corrected chi connectivity index (χ4v) is 2.63. The minimum Gasteiger partial charge on any atom is -0.392 e. The van der Waals surface area contributed by atoms with Gasteiger partial charge in [-0.3, -0.25) is 9.69 Å². The summed E-state index contributed by atoms with van der Waals surface area (Å²) in [5.41, 5.74) is 2.14. The van der Waals surface area contributed by atoms with Gasteiger partial charge in [0.2, 0.25) is 0 Å². The highest BCUT2D eigenvalue weighted by molar-refractivity contribution is 5.81. The van der Waals surface area contributed by atoms with Crippen LogP contribution in [0.5, 0.6) is 0 Å². The van der Waals surface area contributed by atoms with Gasteiger partial charge in [-0.25, -0.2) is 0 Å². The summed E-state index contributed by atoms with van der Waals surface area (Å²) in [6, 6.07) is 8.06. The molecular weight excluding hydrogens is 226 g/mol. The number of rotatable bonds is 4. The zero-order chi connectivity index (χ0) is 13.0. The van der Waals surface area contributed by atoms with Crippen molar-refractivity contribution in [2.75, 3.05) is 6.54 Å². The number of carbonyl (C=O) groups is 1. The minimum atomic E-state index is 0.0834. The molecule has 0 aromatic heterocycles. The molecule has 0 radical (unpaired) electrons. The molecule has 1 heterocycles. The summed E-state index contributed by atoms with van der Waals surface area (Å²) in [7, 11) is 0. The molecule has 3 nitrogen and oxygen atoms in total. The summed E-state index contributed by atoms with van der Waals surface area (Å²) < 4.78 is 0. The molecule has 1 saturated heterocycles. The molecule has 1 unspecified atom stereocenters. The first-order valence-electron chi connectivity index (χ1n) is 6.64. The predicted molar refractivity (Wildman–Crippen MR) is 71.1 cm³/mol. The van der Waals surface area contributed by atoms with Crippen LogP contribution in [-0.2, 0) is 17.9 Å². The number of likely N-dealkylation sites (tertiary alicyclic amines) is 1. The maximum atomic E-state index is 11.6. The van der Waals surface area contributed by atoms with Gasteiger partial charge in [0.15, 0.2) is 0 Å². The van der Waals surface area contributed by atoms with Gasteiger partial charge in [-0.05, 0) is 37.4 Å². The van der Waals surface area contributed by atoms with Crippen LogP contribution in [0.2, 0.25) is 0 Å². The van der Waals surface area contributed by atoms with Crippen LogP contribution in [0.3, 0.4) is 0 Å². The number of aliphatic hydroxyl groups is 1. The SMILES string of the molecule is CC(=O)C1CCCCN1Cc1ccc(CO)cc1. The second-order valence-corrected chi connectivity index (χ2v) is 5.07. The van der Waals surface area contributed by atoms with Crippen molar-refractivity contribution < 1.29 is 9.90 Å². The van der Waals surface area contributed by atoms with E-state index in [0.717, 1.165) is 31.5 Å². The zero-order valence-electron chi connectivity index (χ0n) is 10.9. The summed E-state index contributed by atoms with van der Waals surface area (Å²) in [6.45, 7) is 3.61. The molecule has 1 aromatic carbocycles. The maximum absolute atomic E-state index is 11.6. The molecule has 1 N–H and O–H groups in total. The third-order valence-corrected chi connectivity index (χ3v) is 3.67. The lowest BCUT2D eigenvalue weighted by molar-refractivity contribution is -0.123. The number of benzene rings is 1. The Balaban J connectivity index is 2.03. The predicted octanol–water partition coefficient (Wildman–Crippen LogP) is 2.12. The molecule has 0 aliphatic carbocycles. The molecule has 1 aromatic rings. The summed E-state index contributed by atoms with van der Waals surface area (Å²) >= 11 is 0. The largest absolute Gasteiger partial charge is 0.392 e. The molecule has 0 saturated carbocycles. The second kappa shape index (κ2) is 6.12. The Kier molecular flexibility index (Phi) is 4.50. The lowest BCUT2D eigenvalue weighted by Gasteiger charge is -2.34. The molecule has 2 rings (SSSR count). The fraction of sp³-hybridized carbons (Fsp3) is 0.533. The van der Waals surface area contributed by atoms with Crippen molar-refractivity contribution in [3.05, 3.63) is 35.4 Å². The zero-order valence-corrected chi connectivity index (χ0v) is 10.9. The van der Waals surface area contributed by atoms with E-state index >= 15 is 0 Å². The van der Waals surface area contributed by atoms with E-state index in [0.29, 0.717) is 0 Å². The number of ketones is 1. The van der Waals surface area contributed by atoms with Gasteiger partial charge >= 0.3 is 0 Å². The Hall–Kier alpha value is -1.19. The van der Waals surface area contributed by atoms with Gasteiger partial charge in [0, 0.05) is 6.54 Å². The van der Waals surface area contributed by atoms with Gasteiger partial charge in [0.25, 0.3) is 0 Å². The summed E-state index contributed by atoms with van der Waals surface area (Å²) in [5, 5.41) is 9.01. The Bertz CT molecular complexity index is 399. The van der Waals surface area contributed by atoms with Crippen LogP contribution in [0.25, 0.3) is 0 Å². The highest BCUT2D eigenvalue weighted by Gasteiger charge is 2.25. The van der Waals surface area contributed by atoms with E-state index in [1.54, 1.807) is 6.92 Å². The quantitative estimate of drug-likeness (QED) is 0.886. The van der Waals surface area contributed by atoms with Crippen molar-refractivity contribution >= 4 is 5.78 Å². The van der Waals surface area contributed by atoms with Gasteiger partial charge in [0.1, 0.15) is 5.78 Å².